The van der Waals surface area contributed by atoms with E-state index in [-0.39, 0.29) is 11.2 Å². The van der Waals surface area contributed by atoms with Crippen molar-refractivity contribution in [1.29, 1.82) is 0 Å². The Kier molecular flexibility index (Phi) is 2.44. The monoisotopic (exact) mass is 211 g/mol. The third-order valence-electron chi connectivity index (χ3n) is 2.58. The smallest absolute Gasteiger partial charge is 0.379 e. The van der Waals surface area contributed by atoms with E-state index in [9.17, 15) is 4.79 Å². The average molecular weight is 211 g/mol. The van der Waals surface area contributed by atoms with Crippen LogP contribution in [0.4, 0.5) is 0 Å². The summed E-state index contributed by atoms with van der Waals surface area (Å²) in [6.07, 6.45) is 1.88. The minimum absolute atomic E-state index is 0.0217. The fourth-order valence-corrected chi connectivity index (χ4v) is 1.37. The Hall–Kier alpha value is -1.43. The zero-order valence-electron chi connectivity index (χ0n) is 8.52. The summed E-state index contributed by atoms with van der Waals surface area (Å²) in [4.78, 5) is 15.3. The predicted octanol–water partition coefficient (Wildman–Crippen LogP) is 0.237. The molecule has 1 aromatic heterocycles. The zero-order valence-corrected chi connectivity index (χ0v) is 8.52. The van der Waals surface area contributed by atoms with Gasteiger partial charge in [0.15, 0.2) is 0 Å². The summed E-state index contributed by atoms with van der Waals surface area (Å²) < 4.78 is 9.76. The number of esters is 1. The summed E-state index contributed by atoms with van der Waals surface area (Å²) in [5.41, 5.74) is 5.42. The van der Waals surface area contributed by atoms with Crippen LogP contribution in [0.2, 0.25) is 0 Å². The van der Waals surface area contributed by atoms with Crippen LogP contribution in [0.1, 0.15) is 36.3 Å². The van der Waals surface area contributed by atoms with Crippen molar-refractivity contribution in [2.24, 2.45) is 5.73 Å². The molecule has 0 amide bonds. The van der Waals surface area contributed by atoms with E-state index in [2.05, 4.69) is 10.1 Å². The molecule has 0 spiro atoms. The molecule has 6 nitrogen and oxygen atoms in total. The van der Waals surface area contributed by atoms with Crippen molar-refractivity contribution in [3.05, 3.63) is 11.7 Å². The average Bonchev–Trinajstić information content (AvgIpc) is 2.88. The fourth-order valence-electron chi connectivity index (χ4n) is 1.37. The lowest BCUT2D eigenvalue weighted by molar-refractivity contribution is 0.0508. The molecule has 1 aliphatic carbocycles. The van der Waals surface area contributed by atoms with E-state index in [0.717, 1.165) is 12.8 Å². The van der Waals surface area contributed by atoms with Gasteiger partial charge in [0.25, 0.3) is 5.82 Å². The van der Waals surface area contributed by atoms with Gasteiger partial charge in [-0.25, -0.2) is 4.79 Å². The molecule has 0 bridgehead atoms. The van der Waals surface area contributed by atoms with Gasteiger partial charge in [0.2, 0.25) is 5.89 Å². The lowest BCUT2D eigenvalue weighted by Crippen LogP contribution is -2.20. The van der Waals surface area contributed by atoms with Crippen LogP contribution in [0.3, 0.4) is 0 Å². The summed E-state index contributed by atoms with van der Waals surface area (Å²) in [5.74, 6) is -0.125. The first kappa shape index (κ1) is 10.1. The molecule has 2 rings (SSSR count). The van der Waals surface area contributed by atoms with Gasteiger partial charge in [-0.15, -0.1) is 0 Å². The highest BCUT2D eigenvalue weighted by molar-refractivity contribution is 5.84. The molecule has 1 heterocycles. The summed E-state index contributed by atoms with van der Waals surface area (Å²) >= 11 is 0. The number of carbonyl (C=O) groups is 1. The van der Waals surface area contributed by atoms with Crippen molar-refractivity contribution >= 4 is 5.97 Å². The molecule has 6 heteroatoms. The lowest BCUT2D eigenvalue weighted by atomic mass is 10.1. The summed E-state index contributed by atoms with van der Waals surface area (Å²) in [7, 11) is 0. The molecule has 15 heavy (non-hydrogen) atoms. The van der Waals surface area contributed by atoms with E-state index in [4.69, 9.17) is 15.0 Å². The van der Waals surface area contributed by atoms with Crippen molar-refractivity contribution in [2.45, 2.75) is 25.2 Å². The number of hydrogen-bond acceptors (Lipinski definition) is 6. The number of aromatic nitrogens is 2. The first-order valence-corrected chi connectivity index (χ1v) is 4.93. The van der Waals surface area contributed by atoms with Crippen LogP contribution in [-0.4, -0.2) is 29.3 Å². The first-order valence-electron chi connectivity index (χ1n) is 4.93. The van der Waals surface area contributed by atoms with Gasteiger partial charge in [-0.1, -0.05) is 0 Å². The van der Waals surface area contributed by atoms with Gasteiger partial charge in [0.05, 0.1) is 12.0 Å². The molecule has 1 saturated carbocycles. The minimum Gasteiger partial charge on any atom is -0.460 e. The molecular weight excluding hydrogens is 198 g/mol. The zero-order chi connectivity index (χ0) is 10.9. The highest BCUT2D eigenvalue weighted by Gasteiger charge is 2.48. The van der Waals surface area contributed by atoms with E-state index < -0.39 is 5.97 Å². The lowest BCUT2D eigenvalue weighted by Gasteiger charge is -2.03. The van der Waals surface area contributed by atoms with Crippen LogP contribution in [0, 0.1) is 0 Å². The van der Waals surface area contributed by atoms with E-state index in [1.807, 2.05) is 0 Å². The minimum atomic E-state index is -0.555. The van der Waals surface area contributed by atoms with Crippen molar-refractivity contribution in [1.82, 2.24) is 10.1 Å². The van der Waals surface area contributed by atoms with Crippen LogP contribution in [0.15, 0.2) is 4.52 Å². The number of nitrogens with two attached hydrogens (primary N) is 1. The number of rotatable bonds is 4. The number of hydrogen-bond donors (Lipinski definition) is 1. The molecule has 0 aliphatic heterocycles. The summed E-state index contributed by atoms with van der Waals surface area (Å²) in [6, 6.07) is 0. The van der Waals surface area contributed by atoms with Crippen molar-refractivity contribution in [3.63, 3.8) is 0 Å². The van der Waals surface area contributed by atoms with E-state index in [1.165, 1.54) is 0 Å². The Morgan fingerprint density at radius 2 is 2.40 bits per heavy atom. The fraction of sp³-hybridized carbons (Fsp3) is 0.667. The molecule has 0 atom stereocenters. The van der Waals surface area contributed by atoms with Gasteiger partial charge < -0.3 is 15.0 Å². The Morgan fingerprint density at radius 1 is 1.67 bits per heavy atom. The van der Waals surface area contributed by atoms with Crippen LogP contribution < -0.4 is 5.73 Å². The molecule has 1 aliphatic rings. The third kappa shape index (κ3) is 1.72. The molecule has 82 valence electrons. The first-order chi connectivity index (χ1) is 7.22. The summed E-state index contributed by atoms with van der Waals surface area (Å²) in [6.45, 7) is 2.49. The quantitative estimate of drug-likeness (QED) is 0.717. The number of ether oxygens (including phenoxy) is 1. The topological polar surface area (TPSA) is 91.2 Å². The highest BCUT2D eigenvalue weighted by atomic mass is 16.5. The molecule has 0 unspecified atom stereocenters. The second-order valence-electron chi connectivity index (χ2n) is 3.63. The van der Waals surface area contributed by atoms with Gasteiger partial charge >= 0.3 is 5.97 Å². The van der Waals surface area contributed by atoms with Gasteiger partial charge in [-0.2, -0.15) is 4.98 Å². The molecule has 1 aromatic rings. The van der Waals surface area contributed by atoms with E-state index in [1.54, 1.807) is 6.92 Å². The van der Waals surface area contributed by atoms with E-state index in [0.29, 0.717) is 19.0 Å². The molecule has 0 saturated heterocycles. The van der Waals surface area contributed by atoms with Crippen molar-refractivity contribution < 1.29 is 14.1 Å². The standard InChI is InChI=1S/C9H13N3O3/c1-2-14-7(13)6-11-8(15-12-6)9(5-10)3-4-9/h2-5,10H2,1H3. The Morgan fingerprint density at radius 3 is 2.93 bits per heavy atom. The maximum Gasteiger partial charge on any atom is 0.379 e. The predicted molar refractivity (Wildman–Crippen MR) is 50.2 cm³/mol. The maximum atomic E-state index is 11.3. The molecule has 0 aromatic carbocycles. The van der Waals surface area contributed by atoms with E-state index >= 15 is 0 Å². The van der Waals surface area contributed by atoms with Crippen LogP contribution >= 0.6 is 0 Å². The summed E-state index contributed by atoms with van der Waals surface area (Å²) in [5, 5.41) is 3.57. The molecule has 0 radical (unpaired) electrons. The molecular formula is C9H13N3O3. The van der Waals surface area contributed by atoms with Crippen molar-refractivity contribution in [2.75, 3.05) is 13.2 Å². The second kappa shape index (κ2) is 3.62. The van der Waals surface area contributed by atoms with Crippen LogP contribution in [0.5, 0.6) is 0 Å². The Bertz CT molecular complexity index is 370. The maximum absolute atomic E-state index is 11.3. The Balaban J connectivity index is 2.14. The van der Waals surface area contributed by atoms with Gasteiger partial charge in [-0.05, 0) is 24.9 Å². The van der Waals surface area contributed by atoms with Crippen molar-refractivity contribution in [3.8, 4) is 0 Å². The number of nitrogens with zero attached hydrogens (tertiary/aromatic N) is 2. The van der Waals surface area contributed by atoms with Gasteiger partial charge in [0.1, 0.15) is 0 Å². The number of carbonyl (C=O) groups excluding carboxylic acids is 1. The molecule has 2 N–H and O–H groups in total. The van der Waals surface area contributed by atoms with Crippen LogP contribution in [-0.2, 0) is 10.2 Å². The van der Waals surface area contributed by atoms with Gasteiger partial charge in [-0.3, -0.25) is 0 Å². The normalized spacial score (nSPS) is 17.5. The third-order valence-corrected chi connectivity index (χ3v) is 2.58. The molecule has 1 fully saturated rings. The second-order valence-corrected chi connectivity index (χ2v) is 3.63. The Labute approximate surface area is 86.8 Å². The SMILES string of the molecule is CCOC(=O)c1noc(C2(CN)CC2)n1. The van der Waals surface area contributed by atoms with Crippen LogP contribution in [0.25, 0.3) is 0 Å². The highest BCUT2D eigenvalue weighted by Crippen LogP contribution is 2.46. The largest absolute Gasteiger partial charge is 0.460 e. The van der Waals surface area contributed by atoms with Gasteiger partial charge in [0, 0.05) is 6.54 Å².